The number of nitrogens with zero attached hydrogens (tertiary/aromatic N) is 1. The molecule has 0 spiro atoms. The smallest absolute Gasteiger partial charge is 0.266 e. The van der Waals surface area contributed by atoms with Crippen LogP contribution < -0.4 is 5.43 Å². The van der Waals surface area contributed by atoms with E-state index in [1.807, 2.05) is 44.2 Å². The molecule has 4 nitrogen and oxygen atoms in total. The Hall–Kier alpha value is -1.68. The van der Waals surface area contributed by atoms with E-state index in [0.29, 0.717) is 6.61 Å². The van der Waals surface area contributed by atoms with E-state index in [9.17, 15) is 4.79 Å². The molecule has 0 fully saturated rings. The number of hydrogen-bond acceptors (Lipinski definition) is 3. The van der Waals surface area contributed by atoms with E-state index in [1.54, 1.807) is 0 Å². The summed E-state index contributed by atoms with van der Waals surface area (Å²) in [6.45, 7) is 4.25. The SMILES string of the molecule is CCOCC(=O)N/N=C(\C)c1ccccc1. The van der Waals surface area contributed by atoms with Crippen LogP contribution in [0, 0.1) is 0 Å². The monoisotopic (exact) mass is 220 g/mol. The number of nitrogens with one attached hydrogen (secondary N) is 1. The lowest BCUT2D eigenvalue weighted by Crippen LogP contribution is -2.24. The Bertz CT molecular complexity index is 361. The number of carbonyl (C=O) groups excluding carboxylic acids is 1. The Morgan fingerprint density at radius 2 is 2.06 bits per heavy atom. The van der Waals surface area contributed by atoms with Gasteiger partial charge in [-0.2, -0.15) is 5.10 Å². The van der Waals surface area contributed by atoms with E-state index < -0.39 is 0 Å². The second-order valence-electron chi connectivity index (χ2n) is 3.24. The fraction of sp³-hybridized carbons (Fsp3) is 0.333. The lowest BCUT2D eigenvalue weighted by molar-refractivity contribution is -0.125. The van der Waals surface area contributed by atoms with Gasteiger partial charge < -0.3 is 4.74 Å². The molecule has 0 unspecified atom stereocenters. The molecule has 1 amide bonds. The highest BCUT2D eigenvalue weighted by Crippen LogP contribution is 1.99. The van der Waals surface area contributed by atoms with Crippen molar-refractivity contribution in [3.8, 4) is 0 Å². The average molecular weight is 220 g/mol. The van der Waals surface area contributed by atoms with Gasteiger partial charge >= 0.3 is 0 Å². The summed E-state index contributed by atoms with van der Waals surface area (Å²) in [6, 6.07) is 9.66. The van der Waals surface area contributed by atoms with E-state index in [2.05, 4.69) is 10.5 Å². The Morgan fingerprint density at radius 1 is 1.38 bits per heavy atom. The molecule has 0 saturated carbocycles. The Kier molecular flexibility index (Phi) is 5.22. The number of carbonyl (C=O) groups is 1. The number of ether oxygens (including phenoxy) is 1. The van der Waals surface area contributed by atoms with Crippen LogP contribution in [0.3, 0.4) is 0 Å². The van der Waals surface area contributed by atoms with Crippen LogP contribution in [0.4, 0.5) is 0 Å². The van der Waals surface area contributed by atoms with Crippen LogP contribution in [-0.4, -0.2) is 24.8 Å². The first-order valence-electron chi connectivity index (χ1n) is 5.20. The van der Waals surface area contributed by atoms with Crippen LogP contribution in [0.15, 0.2) is 35.4 Å². The van der Waals surface area contributed by atoms with Crippen LogP contribution in [0.1, 0.15) is 19.4 Å². The fourth-order valence-corrected chi connectivity index (χ4v) is 1.12. The summed E-state index contributed by atoms with van der Waals surface area (Å²) >= 11 is 0. The molecule has 0 saturated heterocycles. The van der Waals surface area contributed by atoms with Crippen molar-refractivity contribution in [3.63, 3.8) is 0 Å². The molecular formula is C12H16N2O2. The van der Waals surface area contributed by atoms with Crippen molar-refractivity contribution in [3.05, 3.63) is 35.9 Å². The summed E-state index contributed by atoms with van der Waals surface area (Å²) in [7, 11) is 0. The molecule has 1 aromatic carbocycles. The second-order valence-corrected chi connectivity index (χ2v) is 3.24. The molecule has 4 heteroatoms. The molecule has 1 aromatic rings. The number of amides is 1. The maximum atomic E-state index is 11.2. The molecule has 0 atom stereocenters. The zero-order valence-corrected chi connectivity index (χ0v) is 9.56. The fourth-order valence-electron chi connectivity index (χ4n) is 1.12. The van der Waals surface area contributed by atoms with Gasteiger partial charge in [0.2, 0.25) is 0 Å². The third-order valence-electron chi connectivity index (χ3n) is 1.98. The molecule has 1 N–H and O–H groups in total. The molecule has 0 bridgehead atoms. The Balaban J connectivity index is 2.48. The highest BCUT2D eigenvalue weighted by atomic mass is 16.5. The van der Waals surface area contributed by atoms with Gasteiger partial charge in [-0.1, -0.05) is 30.3 Å². The van der Waals surface area contributed by atoms with Crippen molar-refractivity contribution in [1.82, 2.24) is 5.43 Å². The number of hydrogen-bond donors (Lipinski definition) is 1. The van der Waals surface area contributed by atoms with Crippen LogP contribution in [0.5, 0.6) is 0 Å². The zero-order chi connectivity index (χ0) is 11.8. The quantitative estimate of drug-likeness (QED) is 0.604. The molecule has 0 radical (unpaired) electrons. The van der Waals surface area contributed by atoms with Gasteiger partial charge in [0.15, 0.2) is 0 Å². The molecule has 0 aromatic heterocycles. The Morgan fingerprint density at radius 3 is 2.69 bits per heavy atom. The predicted octanol–water partition coefficient (Wildman–Crippen LogP) is 1.56. The lowest BCUT2D eigenvalue weighted by Gasteiger charge is -2.02. The highest BCUT2D eigenvalue weighted by Gasteiger charge is 1.99. The first-order valence-corrected chi connectivity index (χ1v) is 5.20. The standard InChI is InChI=1S/C12H16N2O2/c1-3-16-9-12(15)14-13-10(2)11-7-5-4-6-8-11/h4-8H,3,9H2,1-2H3,(H,14,15)/b13-10+. The van der Waals surface area contributed by atoms with Gasteiger partial charge in [-0.3, -0.25) is 4.79 Å². The first kappa shape index (κ1) is 12.4. The normalized spacial score (nSPS) is 11.2. The molecule has 0 aliphatic carbocycles. The van der Waals surface area contributed by atoms with Gasteiger partial charge in [0.25, 0.3) is 5.91 Å². The number of hydrazone groups is 1. The van der Waals surface area contributed by atoms with Gasteiger partial charge in [0, 0.05) is 6.61 Å². The molecular weight excluding hydrogens is 204 g/mol. The Labute approximate surface area is 95.3 Å². The summed E-state index contributed by atoms with van der Waals surface area (Å²) in [5.74, 6) is -0.239. The van der Waals surface area contributed by atoms with Crippen LogP contribution in [0.2, 0.25) is 0 Å². The number of benzene rings is 1. The lowest BCUT2D eigenvalue weighted by atomic mass is 10.1. The molecule has 16 heavy (non-hydrogen) atoms. The van der Waals surface area contributed by atoms with Crippen molar-refractivity contribution in [2.45, 2.75) is 13.8 Å². The summed E-state index contributed by atoms with van der Waals surface area (Å²) in [4.78, 5) is 11.2. The largest absolute Gasteiger partial charge is 0.372 e. The van der Waals surface area contributed by atoms with Crippen molar-refractivity contribution in [2.24, 2.45) is 5.10 Å². The first-order chi connectivity index (χ1) is 7.74. The second kappa shape index (κ2) is 6.74. The minimum Gasteiger partial charge on any atom is -0.372 e. The minimum absolute atomic E-state index is 0.0437. The average Bonchev–Trinajstić information content (AvgIpc) is 2.34. The van der Waals surface area contributed by atoms with Crippen LogP contribution in [0.25, 0.3) is 0 Å². The zero-order valence-electron chi connectivity index (χ0n) is 9.56. The minimum atomic E-state index is -0.239. The third kappa shape index (κ3) is 4.23. The summed E-state index contributed by atoms with van der Waals surface area (Å²) in [5, 5.41) is 3.98. The van der Waals surface area contributed by atoms with Gasteiger partial charge in [-0.25, -0.2) is 5.43 Å². The molecule has 0 aliphatic heterocycles. The van der Waals surface area contributed by atoms with Crippen molar-refractivity contribution >= 4 is 11.6 Å². The van der Waals surface area contributed by atoms with Crippen molar-refractivity contribution in [2.75, 3.05) is 13.2 Å². The molecule has 1 rings (SSSR count). The van der Waals surface area contributed by atoms with Crippen molar-refractivity contribution in [1.29, 1.82) is 0 Å². The van der Waals surface area contributed by atoms with E-state index in [1.165, 1.54) is 0 Å². The van der Waals surface area contributed by atoms with Gasteiger partial charge in [-0.15, -0.1) is 0 Å². The highest BCUT2D eigenvalue weighted by molar-refractivity contribution is 5.99. The van der Waals surface area contributed by atoms with Crippen LogP contribution in [-0.2, 0) is 9.53 Å². The topological polar surface area (TPSA) is 50.7 Å². The summed E-state index contributed by atoms with van der Waals surface area (Å²) < 4.78 is 4.95. The third-order valence-corrected chi connectivity index (χ3v) is 1.98. The molecule has 86 valence electrons. The maximum Gasteiger partial charge on any atom is 0.266 e. The molecule has 0 aliphatic rings. The van der Waals surface area contributed by atoms with Gasteiger partial charge in [0.1, 0.15) is 6.61 Å². The van der Waals surface area contributed by atoms with E-state index in [-0.39, 0.29) is 12.5 Å². The number of rotatable bonds is 5. The summed E-state index contributed by atoms with van der Waals surface area (Å²) in [5.41, 5.74) is 4.19. The van der Waals surface area contributed by atoms with Crippen molar-refractivity contribution < 1.29 is 9.53 Å². The molecule has 0 heterocycles. The summed E-state index contributed by atoms with van der Waals surface area (Å²) in [6.07, 6.45) is 0. The van der Waals surface area contributed by atoms with E-state index >= 15 is 0 Å². The van der Waals surface area contributed by atoms with Crippen LogP contribution >= 0.6 is 0 Å². The van der Waals surface area contributed by atoms with E-state index in [4.69, 9.17) is 4.74 Å². The van der Waals surface area contributed by atoms with E-state index in [0.717, 1.165) is 11.3 Å². The van der Waals surface area contributed by atoms with Gasteiger partial charge in [0.05, 0.1) is 5.71 Å². The predicted molar refractivity (Wildman–Crippen MR) is 63.3 cm³/mol. The van der Waals surface area contributed by atoms with Gasteiger partial charge in [-0.05, 0) is 19.4 Å². The maximum absolute atomic E-state index is 11.2.